The Balaban J connectivity index is 1.60. The molecule has 0 amide bonds. The fraction of sp³-hybridized carbons (Fsp3) is 0.235. The van der Waals surface area contributed by atoms with Crippen LogP contribution in [0.3, 0.4) is 0 Å². The van der Waals surface area contributed by atoms with Gasteiger partial charge in [0.15, 0.2) is 0 Å². The fourth-order valence-corrected chi connectivity index (χ4v) is 3.13. The molecule has 3 heterocycles. The number of aromatic amines is 1. The summed E-state index contributed by atoms with van der Waals surface area (Å²) in [5.41, 5.74) is 5.43. The van der Waals surface area contributed by atoms with Gasteiger partial charge in [-0.05, 0) is 29.7 Å². The predicted octanol–water partition coefficient (Wildman–Crippen LogP) is 3.12. The number of nitrogens with one attached hydrogen (secondary N) is 1. The van der Waals surface area contributed by atoms with Crippen LogP contribution < -0.4 is 0 Å². The molecule has 0 aliphatic carbocycles. The number of rotatable bonds is 2. The van der Waals surface area contributed by atoms with Crippen molar-refractivity contribution < 1.29 is 0 Å². The Morgan fingerprint density at radius 1 is 1.15 bits per heavy atom. The Labute approximate surface area is 118 Å². The second-order valence-corrected chi connectivity index (χ2v) is 5.45. The maximum absolute atomic E-state index is 4.19. The first-order valence-corrected chi connectivity index (χ1v) is 7.10. The van der Waals surface area contributed by atoms with Gasteiger partial charge in [0.2, 0.25) is 0 Å². The van der Waals surface area contributed by atoms with Gasteiger partial charge in [0.05, 0.1) is 0 Å². The van der Waals surface area contributed by atoms with E-state index in [2.05, 4.69) is 45.2 Å². The SMILES string of the molecule is c1cncc(CN2CCc3c([nH]c4ccccc34)C2)c1. The first kappa shape index (κ1) is 11.7. The van der Waals surface area contributed by atoms with Gasteiger partial charge in [0, 0.05) is 48.6 Å². The molecule has 100 valence electrons. The highest BCUT2D eigenvalue weighted by Crippen LogP contribution is 2.27. The number of H-pyrrole nitrogens is 1. The topological polar surface area (TPSA) is 31.9 Å². The molecule has 0 spiro atoms. The zero-order chi connectivity index (χ0) is 13.4. The van der Waals surface area contributed by atoms with E-state index in [4.69, 9.17) is 0 Å². The zero-order valence-electron chi connectivity index (χ0n) is 11.3. The number of hydrogen-bond acceptors (Lipinski definition) is 2. The highest BCUT2D eigenvalue weighted by Gasteiger charge is 2.20. The smallest absolute Gasteiger partial charge is 0.0459 e. The first-order valence-electron chi connectivity index (χ1n) is 7.10. The molecule has 4 rings (SSSR count). The monoisotopic (exact) mass is 263 g/mol. The predicted molar refractivity (Wildman–Crippen MR) is 80.4 cm³/mol. The van der Waals surface area contributed by atoms with Crippen molar-refractivity contribution in [3.05, 3.63) is 65.6 Å². The number of aromatic nitrogens is 2. The van der Waals surface area contributed by atoms with E-state index in [-0.39, 0.29) is 0 Å². The van der Waals surface area contributed by atoms with Crippen LogP contribution in [0.15, 0.2) is 48.8 Å². The lowest BCUT2D eigenvalue weighted by molar-refractivity contribution is 0.243. The van der Waals surface area contributed by atoms with Gasteiger partial charge in [0.1, 0.15) is 0 Å². The number of fused-ring (bicyclic) bond motifs is 3. The molecule has 0 saturated heterocycles. The fourth-order valence-electron chi connectivity index (χ4n) is 3.13. The van der Waals surface area contributed by atoms with E-state index < -0.39 is 0 Å². The van der Waals surface area contributed by atoms with Crippen molar-refractivity contribution in [1.29, 1.82) is 0 Å². The quantitative estimate of drug-likeness (QED) is 0.770. The van der Waals surface area contributed by atoms with Crippen molar-refractivity contribution in [3.8, 4) is 0 Å². The molecule has 0 unspecified atom stereocenters. The number of benzene rings is 1. The summed E-state index contributed by atoms with van der Waals surface area (Å²) in [4.78, 5) is 10.3. The normalized spacial score (nSPS) is 15.4. The van der Waals surface area contributed by atoms with E-state index >= 15 is 0 Å². The van der Waals surface area contributed by atoms with E-state index in [0.29, 0.717) is 0 Å². The number of hydrogen-bond donors (Lipinski definition) is 1. The van der Waals surface area contributed by atoms with Gasteiger partial charge in [-0.15, -0.1) is 0 Å². The van der Waals surface area contributed by atoms with Crippen LogP contribution in [0, 0.1) is 0 Å². The molecular weight excluding hydrogens is 246 g/mol. The lowest BCUT2D eigenvalue weighted by atomic mass is 10.0. The molecule has 0 atom stereocenters. The standard InChI is InChI=1S/C17H17N3/c1-2-6-16-14(5-1)15-7-9-20(12-17(15)19-16)11-13-4-3-8-18-10-13/h1-6,8,10,19H,7,9,11-12H2. The maximum Gasteiger partial charge on any atom is 0.0459 e. The molecule has 1 aliphatic rings. The van der Waals surface area contributed by atoms with Crippen molar-refractivity contribution in [2.75, 3.05) is 6.54 Å². The third-order valence-electron chi connectivity index (χ3n) is 4.09. The van der Waals surface area contributed by atoms with E-state index in [9.17, 15) is 0 Å². The minimum Gasteiger partial charge on any atom is -0.357 e. The molecule has 3 aromatic rings. The van der Waals surface area contributed by atoms with Gasteiger partial charge in [-0.1, -0.05) is 24.3 Å². The van der Waals surface area contributed by atoms with Gasteiger partial charge in [-0.2, -0.15) is 0 Å². The molecule has 0 fully saturated rings. The van der Waals surface area contributed by atoms with E-state index in [0.717, 1.165) is 26.1 Å². The first-order chi connectivity index (χ1) is 9.90. The number of para-hydroxylation sites is 1. The van der Waals surface area contributed by atoms with E-state index in [1.807, 2.05) is 18.5 Å². The molecule has 2 aromatic heterocycles. The summed E-state index contributed by atoms with van der Waals surface area (Å²) in [7, 11) is 0. The average Bonchev–Trinajstić information content (AvgIpc) is 2.86. The Morgan fingerprint density at radius 3 is 3.00 bits per heavy atom. The molecule has 1 aromatic carbocycles. The second kappa shape index (κ2) is 4.76. The van der Waals surface area contributed by atoms with Crippen LogP contribution in [0.25, 0.3) is 10.9 Å². The average molecular weight is 263 g/mol. The van der Waals surface area contributed by atoms with Crippen LogP contribution in [0.5, 0.6) is 0 Å². The van der Waals surface area contributed by atoms with E-state index in [1.54, 1.807) is 0 Å². The van der Waals surface area contributed by atoms with Gasteiger partial charge >= 0.3 is 0 Å². The molecule has 1 N–H and O–H groups in total. The van der Waals surface area contributed by atoms with Crippen molar-refractivity contribution >= 4 is 10.9 Å². The van der Waals surface area contributed by atoms with Crippen LogP contribution in [0.4, 0.5) is 0 Å². The van der Waals surface area contributed by atoms with Crippen LogP contribution >= 0.6 is 0 Å². The summed E-state index contributed by atoms with van der Waals surface area (Å²) in [6.45, 7) is 3.09. The third kappa shape index (κ3) is 2.00. The van der Waals surface area contributed by atoms with Crippen molar-refractivity contribution in [1.82, 2.24) is 14.9 Å². The summed E-state index contributed by atoms with van der Waals surface area (Å²) in [5, 5.41) is 1.39. The van der Waals surface area contributed by atoms with Crippen LogP contribution in [0.1, 0.15) is 16.8 Å². The minimum absolute atomic E-state index is 0.975. The Morgan fingerprint density at radius 2 is 2.10 bits per heavy atom. The lowest BCUT2D eigenvalue weighted by Crippen LogP contribution is -2.29. The highest BCUT2D eigenvalue weighted by atomic mass is 15.1. The van der Waals surface area contributed by atoms with Gasteiger partial charge in [-0.3, -0.25) is 9.88 Å². The second-order valence-electron chi connectivity index (χ2n) is 5.45. The summed E-state index contributed by atoms with van der Waals surface area (Å²) < 4.78 is 0. The van der Waals surface area contributed by atoms with Crippen LogP contribution in [0.2, 0.25) is 0 Å². The Hall–Kier alpha value is -2.13. The number of pyridine rings is 1. The Kier molecular flexibility index (Phi) is 2.78. The van der Waals surface area contributed by atoms with Crippen molar-refractivity contribution in [2.45, 2.75) is 19.5 Å². The van der Waals surface area contributed by atoms with Crippen molar-refractivity contribution in [3.63, 3.8) is 0 Å². The maximum atomic E-state index is 4.19. The largest absolute Gasteiger partial charge is 0.357 e. The summed E-state index contributed by atoms with van der Waals surface area (Å²) in [6, 6.07) is 12.8. The molecule has 3 nitrogen and oxygen atoms in total. The Bertz CT molecular complexity index is 730. The summed E-state index contributed by atoms with van der Waals surface area (Å²) >= 11 is 0. The van der Waals surface area contributed by atoms with Crippen LogP contribution in [-0.4, -0.2) is 21.4 Å². The molecule has 0 radical (unpaired) electrons. The molecule has 20 heavy (non-hydrogen) atoms. The molecule has 1 aliphatic heterocycles. The van der Waals surface area contributed by atoms with Crippen LogP contribution in [-0.2, 0) is 19.5 Å². The van der Waals surface area contributed by atoms with Gasteiger partial charge < -0.3 is 4.98 Å². The zero-order valence-corrected chi connectivity index (χ0v) is 11.3. The minimum atomic E-state index is 0.975. The summed E-state index contributed by atoms with van der Waals surface area (Å²) in [5.74, 6) is 0. The third-order valence-corrected chi connectivity index (χ3v) is 4.09. The highest BCUT2D eigenvalue weighted by molar-refractivity contribution is 5.84. The van der Waals surface area contributed by atoms with Gasteiger partial charge in [-0.25, -0.2) is 0 Å². The lowest BCUT2D eigenvalue weighted by Gasteiger charge is -2.26. The molecule has 0 bridgehead atoms. The molecule has 0 saturated carbocycles. The molecular formula is C17H17N3. The molecule has 3 heteroatoms. The summed E-state index contributed by atoms with van der Waals surface area (Å²) in [6.07, 6.45) is 4.91. The van der Waals surface area contributed by atoms with E-state index in [1.165, 1.54) is 27.7 Å². The number of nitrogens with zero attached hydrogens (tertiary/aromatic N) is 2. The van der Waals surface area contributed by atoms with Gasteiger partial charge in [0.25, 0.3) is 0 Å². The van der Waals surface area contributed by atoms with Crippen molar-refractivity contribution in [2.24, 2.45) is 0 Å².